The number of hydrogen-bond donors (Lipinski definition) is 1. The topological polar surface area (TPSA) is 106 Å². The molecule has 0 unspecified atom stereocenters. The second kappa shape index (κ2) is 7.22. The average molecular weight is 421 g/mol. The first-order valence-electron chi connectivity index (χ1n) is 10.0. The summed E-state index contributed by atoms with van der Waals surface area (Å²) in [5.74, 6) is -0.477. The van der Waals surface area contributed by atoms with Gasteiger partial charge >= 0.3 is 0 Å². The molecule has 0 spiro atoms. The molecule has 1 aliphatic carbocycles. The Bertz CT molecular complexity index is 1180. The van der Waals surface area contributed by atoms with Crippen molar-refractivity contribution in [3.05, 3.63) is 59.8 Å². The van der Waals surface area contributed by atoms with Crippen LogP contribution in [0.15, 0.2) is 37.1 Å². The summed E-state index contributed by atoms with van der Waals surface area (Å²) in [5.41, 5.74) is 1.94. The highest BCUT2D eigenvalue weighted by molar-refractivity contribution is 6.02. The Labute approximate surface area is 177 Å². The molecule has 9 nitrogen and oxygen atoms in total. The molecule has 5 rings (SSSR count). The van der Waals surface area contributed by atoms with Crippen molar-refractivity contribution in [2.75, 3.05) is 16.8 Å². The number of hydrogen-bond acceptors (Lipinski definition) is 6. The molecule has 1 aliphatic heterocycles. The lowest BCUT2D eigenvalue weighted by Gasteiger charge is -2.21. The summed E-state index contributed by atoms with van der Waals surface area (Å²) >= 11 is 0. The van der Waals surface area contributed by atoms with Crippen molar-refractivity contribution in [3.63, 3.8) is 0 Å². The van der Waals surface area contributed by atoms with Gasteiger partial charge in [0.05, 0.1) is 24.1 Å². The van der Waals surface area contributed by atoms with Gasteiger partial charge in [-0.05, 0) is 32.3 Å². The molecule has 4 heterocycles. The highest BCUT2D eigenvalue weighted by Crippen LogP contribution is 2.47. The number of aryl methyl sites for hydroxylation is 1. The molecule has 3 atom stereocenters. The van der Waals surface area contributed by atoms with Gasteiger partial charge in [0.1, 0.15) is 5.69 Å². The summed E-state index contributed by atoms with van der Waals surface area (Å²) < 4.78 is 16.5. The van der Waals surface area contributed by atoms with Crippen LogP contribution >= 0.6 is 0 Å². The van der Waals surface area contributed by atoms with Crippen LogP contribution in [-0.4, -0.2) is 43.1 Å². The van der Waals surface area contributed by atoms with Crippen LogP contribution in [0, 0.1) is 24.6 Å². The van der Waals surface area contributed by atoms with E-state index in [4.69, 9.17) is 0 Å². The number of amides is 2. The van der Waals surface area contributed by atoms with Crippen LogP contribution in [0.4, 0.5) is 15.9 Å². The smallest absolute Gasteiger partial charge is 0.275 e. The first-order chi connectivity index (χ1) is 14.9. The zero-order valence-corrected chi connectivity index (χ0v) is 17.0. The van der Waals surface area contributed by atoms with E-state index in [1.165, 1.54) is 35.8 Å². The second-order valence-electron chi connectivity index (χ2n) is 7.95. The van der Waals surface area contributed by atoms with Gasteiger partial charge in [0.2, 0.25) is 5.91 Å². The number of carbonyl (C=O) groups excluding carboxylic acids is 2. The molecule has 2 aliphatic rings. The van der Waals surface area contributed by atoms with Crippen LogP contribution in [0.3, 0.4) is 0 Å². The zero-order chi connectivity index (χ0) is 21.7. The second-order valence-corrected chi connectivity index (χ2v) is 7.95. The van der Waals surface area contributed by atoms with Gasteiger partial charge in [-0.3, -0.25) is 24.2 Å². The lowest BCUT2D eigenvalue weighted by molar-refractivity contribution is -0.118. The molecule has 0 bridgehead atoms. The Morgan fingerprint density at radius 3 is 2.87 bits per heavy atom. The molecule has 0 radical (unpaired) electrons. The quantitative estimate of drug-likeness (QED) is 0.678. The van der Waals surface area contributed by atoms with E-state index in [-0.39, 0.29) is 29.4 Å². The van der Waals surface area contributed by atoms with E-state index in [2.05, 4.69) is 25.4 Å². The third-order valence-corrected chi connectivity index (χ3v) is 5.87. The molecule has 0 aromatic carbocycles. The van der Waals surface area contributed by atoms with Crippen LogP contribution in [0.1, 0.15) is 41.1 Å². The molecule has 3 aromatic heterocycles. The molecule has 1 saturated heterocycles. The van der Waals surface area contributed by atoms with Gasteiger partial charge in [-0.1, -0.05) is 0 Å². The van der Waals surface area contributed by atoms with E-state index in [1.807, 2.05) is 6.92 Å². The maximum atomic E-state index is 14.9. The van der Waals surface area contributed by atoms with E-state index < -0.39 is 11.7 Å². The van der Waals surface area contributed by atoms with E-state index in [9.17, 15) is 14.0 Å². The highest BCUT2D eigenvalue weighted by Gasteiger charge is 2.53. The molecular weight excluding hydrogens is 401 g/mol. The number of piperidine rings is 1. The maximum absolute atomic E-state index is 14.9. The summed E-state index contributed by atoms with van der Waals surface area (Å²) in [6.07, 6.45) is 8.36. The lowest BCUT2D eigenvalue weighted by Crippen LogP contribution is -2.30. The normalized spacial score (nSPS) is 20.5. The number of halogens is 1. The summed E-state index contributed by atoms with van der Waals surface area (Å²) in [5, 5.41) is 7.00. The Kier molecular flexibility index (Phi) is 4.49. The van der Waals surface area contributed by atoms with Crippen molar-refractivity contribution in [2.24, 2.45) is 11.8 Å². The van der Waals surface area contributed by atoms with Gasteiger partial charge < -0.3 is 5.32 Å². The fraction of sp³-hybridized carbons (Fsp3) is 0.333. The molecule has 3 aromatic rings. The third-order valence-electron chi connectivity index (χ3n) is 5.87. The van der Waals surface area contributed by atoms with Gasteiger partial charge in [0.15, 0.2) is 11.6 Å². The molecule has 2 fully saturated rings. The largest absolute Gasteiger partial charge is 0.318 e. The Balaban J connectivity index is 1.34. The maximum Gasteiger partial charge on any atom is 0.275 e. The van der Waals surface area contributed by atoms with Crippen molar-refractivity contribution >= 4 is 23.3 Å². The number of pyridine rings is 1. The van der Waals surface area contributed by atoms with Gasteiger partial charge in [-0.25, -0.2) is 14.4 Å². The molecular formula is C21H20FN7O2. The van der Waals surface area contributed by atoms with Crippen molar-refractivity contribution in [1.82, 2.24) is 24.7 Å². The number of nitrogens with one attached hydrogen (secondary N) is 1. The van der Waals surface area contributed by atoms with E-state index in [1.54, 1.807) is 17.8 Å². The van der Waals surface area contributed by atoms with Crippen LogP contribution in [0.5, 0.6) is 0 Å². The monoisotopic (exact) mass is 421 g/mol. The molecule has 10 heteroatoms. The van der Waals surface area contributed by atoms with Crippen LogP contribution < -0.4 is 10.2 Å². The van der Waals surface area contributed by atoms with E-state index in [0.717, 1.165) is 6.42 Å². The Hall–Kier alpha value is -3.69. The highest BCUT2D eigenvalue weighted by atomic mass is 19.1. The van der Waals surface area contributed by atoms with E-state index in [0.29, 0.717) is 29.4 Å². The van der Waals surface area contributed by atoms with Gasteiger partial charge in [-0.15, -0.1) is 0 Å². The van der Waals surface area contributed by atoms with Gasteiger partial charge in [0.25, 0.3) is 5.91 Å². The third kappa shape index (κ3) is 3.43. The SMILES string of the molecule is Cc1nc(N2C[C@H]3C[C@H]3C2=O)c(F)cc1[C@H](C)n1cc(NC(=O)c2cnccn2)cn1. The van der Waals surface area contributed by atoms with Gasteiger partial charge in [0, 0.05) is 42.3 Å². The molecule has 1 saturated carbocycles. The summed E-state index contributed by atoms with van der Waals surface area (Å²) in [6.45, 7) is 4.19. The predicted octanol–water partition coefficient (Wildman–Crippen LogP) is 2.36. The summed E-state index contributed by atoms with van der Waals surface area (Å²) in [4.78, 5) is 38.2. The Morgan fingerprint density at radius 2 is 2.16 bits per heavy atom. The number of fused-ring (bicyclic) bond motifs is 1. The summed E-state index contributed by atoms with van der Waals surface area (Å²) in [7, 11) is 0. The first kappa shape index (κ1) is 19.3. The minimum Gasteiger partial charge on any atom is -0.318 e. The lowest BCUT2D eigenvalue weighted by atomic mass is 10.1. The van der Waals surface area contributed by atoms with Crippen LogP contribution in [-0.2, 0) is 4.79 Å². The van der Waals surface area contributed by atoms with E-state index >= 15 is 0 Å². The number of nitrogens with zero attached hydrogens (tertiary/aromatic N) is 6. The number of aromatic nitrogens is 5. The van der Waals surface area contributed by atoms with Crippen LogP contribution in [0.25, 0.3) is 0 Å². The van der Waals surface area contributed by atoms with Crippen molar-refractivity contribution in [2.45, 2.75) is 26.3 Å². The number of anilines is 2. The number of carbonyl (C=O) groups is 2. The van der Waals surface area contributed by atoms with Crippen molar-refractivity contribution < 1.29 is 14.0 Å². The molecule has 31 heavy (non-hydrogen) atoms. The van der Waals surface area contributed by atoms with Gasteiger partial charge in [-0.2, -0.15) is 5.10 Å². The van der Waals surface area contributed by atoms with Crippen molar-refractivity contribution in [3.8, 4) is 0 Å². The molecule has 2 amide bonds. The summed E-state index contributed by atoms with van der Waals surface area (Å²) in [6, 6.07) is 1.08. The first-order valence-corrected chi connectivity index (χ1v) is 10.0. The average Bonchev–Trinajstić information content (AvgIpc) is 3.27. The minimum absolute atomic E-state index is 0.0350. The Morgan fingerprint density at radius 1 is 1.32 bits per heavy atom. The molecule has 1 N–H and O–H groups in total. The fourth-order valence-corrected chi connectivity index (χ4v) is 4.03. The molecule has 158 valence electrons. The number of rotatable bonds is 5. The predicted molar refractivity (Wildman–Crippen MR) is 109 cm³/mol. The van der Waals surface area contributed by atoms with Crippen LogP contribution in [0.2, 0.25) is 0 Å². The standard InChI is InChI=1S/C21H20FN7O2/c1-11-15(6-17(22)19(26-11)28-9-13-5-16(13)21(28)31)12(2)29-10-14(7-25-29)27-20(30)18-8-23-3-4-24-18/h3-4,6-8,10,12-13,16H,5,9H2,1-2H3,(H,27,30)/t12-,13+,16+/m0/s1. The minimum atomic E-state index is -0.523. The zero-order valence-electron chi connectivity index (χ0n) is 17.0. The fourth-order valence-electron chi connectivity index (χ4n) is 4.03. The van der Waals surface area contributed by atoms with Crippen molar-refractivity contribution in [1.29, 1.82) is 0 Å².